The summed E-state index contributed by atoms with van der Waals surface area (Å²) in [5.74, 6) is -0.303. The molecule has 0 spiro atoms. The molecule has 2 heteroatoms. The lowest BCUT2D eigenvalue weighted by Crippen LogP contribution is -2.21. The van der Waals surface area contributed by atoms with Crippen LogP contribution in [0, 0.1) is 5.41 Å². The predicted octanol–water partition coefficient (Wildman–Crippen LogP) is 1.38. The summed E-state index contributed by atoms with van der Waals surface area (Å²) in [4.78, 5) is 10.8. The third-order valence-corrected chi connectivity index (χ3v) is 1.81. The molecular formula is C9H13NO. The molecule has 0 aliphatic heterocycles. The van der Waals surface area contributed by atoms with Crippen LogP contribution in [0.3, 0.4) is 0 Å². The van der Waals surface area contributed by atoms with Gasteiger partial charge in [0.1, 0.15) is 0 Å². The third kappa shape index (κ3) is 1.93. The molecule has 1 aliphatic rings. The third-order valence-electron chi connectivity index (χ3n) is 1.81. The summed E-state index contributed by atoms with van der Waals surface area (Å²) in [6.45, 7) is 4.17. The van der Waals surface area contributed by atoms with Gasteiger partial charge in [0.25, 0.3) is 0 Å². The molecule has 0 aromatic heterocycles. The Hall–Kier alpha value is -1.05. The van der Waals surface area contributed by atoms with Gasteiger partial charge in [-0.3, -0.25) is 4.79 Å². The Morgan fingerprint density at radius 2 is 2.27 bits per heavy atom. The molecule has 0 saturated heterocycles. The van der Waals surface area contributed by atoms with E-state index >= 15 is 0 Å². The maximum atomic E-state index is 10.8. The second kappa shape index (κ2) is 2.53. The fourth-order valence-corrected chi connectivity index (χ4v) is 1.20. The predicted molar refractivity (Wildman–Crippen MR) is 44.8 cm³/mol. The summed E-state index contributed by atoms with van der Waals surface area (Å²) in [7, 11) is 0. The van der Waals surface area contributed by atoms with Gasteiger partial charge in [0.2, 0.25) is 5.91 Å². The molecule has 11 heavy (non-hydrogen) atoms. The molecule has 0 atom stereocenters. The Balaban J connectivity index is 2.81. The van der Waals surface area contributed by atoms with Gasteiger partial charge in [-0.25, -0.2) is 0 Å². The van der Waals surface area contributed by atoms with E-state index in [4.69, 9.17) is 5.73 Å². The van der Waals surface area contributed by atoms with Crippen molar-refractivity contribution in [3.63, 3.8) is 0 Å². The number of carbonyl (C=O) groups excluding carboxylic acids is 1. The smallest absolute Gasteiger partial charge is 0.244 e. The van der Waals surface area contributed by atoms with E-state index in [1.165, 1.54) is 0 Å². The highest BCUT2D eigenvalue weighted by Gasteiger charge is 2.20. The van der Waals surface area contributed by atoms with Gasteiger partial charge in [0, 0.05) is 5.57 Å². The van der Waals surface area contributed by atoms with Crippen LogP contribution in [-0.4, -0.2) is 5.91 Å². The van der Waals surface area contributed by atoms with E-state index in [2.05, 4.69) is 19.9 Å². The van der Waals surface area contributed by atoms with Crippen LogP contribution in [0.4, 0.5) is 0 Å². The second-order valence-electron chi connectivity index (χ2n) is 3.58. The molecule has 0 fully saturated rings. The minimum absolute atomic E-state index is 0.0825. The molecule has 0 bridgehead atoms. The van der Waals surface area contributed by atoms with Gasteiger partial charge >= 0.3 is 0 Å². The zero-order chi connectivity index (χ0) is 8.48. The minimum atomic E-state index is -0.303. The molecule has 0 unspecified atom stereocenters. The van der Waals surface area contributed by atoms with E-state index in [1.54, 1.807) is 6.08 Å². The highest BCUT2D eigenvalue weighted by atomic mass is 16.1. The Morgan fingerprint density at radius 3 is 2.64 bits per heavy atom. The Bertz CT molecular complexity index is 236. The summed E-state index contributed by atoms with van der Waals surface area (Å²) >= 11 is 0. The van der Waals surface area contributed by atoms with Crippen molar-refractivity contribution in [3.05, 3.63) is 23.8 Å². The lowest BCUT2D eigenvalue weighted by atomic mass is 9.82. The zero-order valence-corrected chi connectivity index (χ0v) is 6.92. The van der Waals surface area contributed by atoms with E-state index in [-0.39, 0.29) is 11.3 Å². The molecule has 1 rings (SSSR count). The first-order chi connectivity index (χ1) is 5.01. The van der Waals surface area contributed by atoms with E-state index in [0.717, 1.165) is 12.0 Å². The summed E-state index contributed by atoms with van der Waals surface area (Å²) in [6.07, 6.45) is 6.51. The highest BCUT2D eigenvalue weighted by molar-refractivity contribution is 5.92. The van der Waals surface area contributed by atoms with Crippen molar-refractivity contribution in [2.24, 2.45) is 11.1 Å². The van der Waals surface area contributed by atoms with Gasteiger partial charge in [0.15, 0.2) is 0 Å². The molecule has 0 aromatic rings. The number of allylic oxidation sites excluding steroid dienone is 3. The van der Waals surface area contributed by atoms with Crippen molar-refractivity contribution in [3.8, 4) is 0 Å². The van der Waals surface area contributed by atoms with E-state index < -0.39 is 0 Å². The number of amides is 1. The lowest BCUT2D eigenvalue weighted by Gasteiger charge is -2.23. The number of hydrogen-bond donors (Lipinski definition) is 1. The fourth-order valence-electron chi connectivity index (χ4n) is 1.20. The van der Waals surface area contributed by atoms with Crippen LogP contribution in [0.1, 0.15) is 20.3 Å². The number of hydrogen-bond acceptors (Lipinski definition) is 1. The van der Waals surface area contributed by atoms with Crippen LogP contribution in [0.25, 0.3) is 0 Å². The topological polar surface area (TPSA) is 43.1 Å². The molecule has 1 aliphatic carbocycles. The quantitative estimate of drug-likeness (QED) is 0.604. The van der Waals surface area contributed by atoms with Crippen molar-refractivity contribution in [2.75, 3.05) is 0 Å². The van der Waals surface area contributed by atoms with E-state index in [9.17, 15) is 4.79 Å². The lowest BCUT2D eigenvalue weighted by molar-refractivity contribution is -0.114. The summed E-state index contributed by atoms with van der Waals surface area (Å²) < 4.78 is 0. The van der Waals surface area contributed by atoms with E-state index in [0.29, 0.717) is 0 Å². The Morgan fingerprint density at radius 1 is 1.64 bits per heavy atom. The molecule has 0 radical (unpaired) electrons. The summed E-state index contributed by atoms with van der Waals surface area (Å²) in [5, 5.41) is 0. The number of primary amides is 1. The van der Waals surface area contributed by atoms with Gasteiger partial charge in [-0.1, -0.05) is 32.1 Å². The van der Waals surface area contributed by atoms with Gasteiger partial charge < -0.3 is 5.73 Å². The van der Waals surface area contributed by atoms with Gasteiger partial charge in [0.05, 0.1) is 0 Å². The standard InChI is InChI=1S/C9H13NO/c1-9(2)5-3-4-7(6-9)8(10)11/h3-5H,6H2,1-2H3,(H2,10,11). The summed E-state index contributed by atoms with van der Waals surface area (Å²) in [6, 6.07) is 0. The molecule has 2 nitrogen and oxygen atoms in total. The van der Waals surface area contributed by atoms with Gasteiger partial charge in [-0.05, 0) is 11.8 Å². The first-order valence-corrected chi connectivity index (χ1v) is 3.69. The van der Waals surface area contributed by atoms with Crippen LogP contribution in [0.5, 0.6) is 0 Å². The van der Waals surface area contributed by atoms with Crippen molar-refractivity contribution < 1.29 is 4.79 Å². The van der Waals surface area contributed by atoms with Crippen LogP contribution >= 0.6 is 0 Å². The van der Waals surface area contributed by atoms with Crippen molar-refractivity contribution >= 4 is 5.91 Å². The van der Waals surface area contributed by atoms with Crippen LogP contribution in [-0.2, 0) is 4.79 Å². The van der Waals surface area contributed by atoms with Gasteiger partial charge in [-0.15, -0.1) is 0 Å². The number of rotatable bonds is 1. The maximum absolute atomic E-state index is 10.8. The first kappa shape index (κ1) is 8.05. The van der Waals surface area contributed by atoms with E-state index in [1.807, 2.05) is 6.08 Å². The monoisotopic (exact) mass is 151 g/mol. The fraction of sp³-hybridized carbons (Fsp3) is 0.444. The molecule has 2 N–H and O–H groups in total. The molecule has 0 saturated carbocycles. The zero-order valence-electron chi connectivity index (χ0n) is 6.92. The van der Waals surface area contributed by atoms with Gasteiger partial charge in [-0.2, -0.15) is 0 Å². The van der Waals surface area contributed by atoms with Crippen molar-refractivity contribution in [1.29, 1.82) is 0 Å². The molecule has 0 aromatic carbocycles. The average Bonchev–Trinajstić information content (AvgIpc) is 1.85. The minimum Gasteiger partial charge on any atom is -0.366 e. The normalized spacial score (nSPS) is 21.1. The van der Waals surface area contributed by atoms with Crippen LogP contribution in [0.2, 0.25) is 0 Å². The average molecular weight is 151 g/mol. The SMILES string of the molecule is CC1(C)C=CC=C(C(N)=O)C1. The van der Waals surface area contributed by atoms with Crippen molar-refractivity contribution in [1.82, 2.24) is 0 Å². The molecular weight excluding hydrogens is 138 g/mol. The molecule has 60 valence electrons. The Kier molecular flexibility index (Phi) is 1.85. The molecule has 0 heterocycles. The van der Waals surface area contributed by atoms with Crippen molar-refractivity contribution in [2.45, 2.75) is 20.3 Å². The van der Waals surface area contributed by atoms with Crippen LogP contribution in [0.15, 0.2) is 23.8 Å². The largest absolute Gasteiger partial charge is 0.366 e. The van der Waals surface area contributed by atoms with Crippen LogP contribution < -0.4 is 5.73 Å². The molecule has 1 amide bonds. The first-order valence-electron chi connectivity index (χ1n) is 3.69. The number of nitrogens with two attached hydrogens (primary N) is 1. The maximum Gasteiger partial charge on any atom is 0.244 e. The summed E-state index contributed by atoms with van der Waals surface area (Å²) in [5.41, 5.74) is 5.95. The Labute approximate surface area is 66.8 Å². The second-order valence-corrected chi connectivity index (χ2v) is 3.58. The number of carbonyl (C=O) groups is 1. The highest BCUT2D eigenvalue weighted by Crippen LogP contribution is 2.29.